The smallest absolute Gasteiger partial charge is 0.242 e. The van der Waals surface area contributed by atoms with Gasteiger partial charge in [-0.05, 0) is 45.7 Å². The van der Waals surface area contributed by atoms with Crippen molar-refractivity contribution in [3.63, 3.8) is 0 Å². The summed E-state index contributed by atoms with van der Waals surface area (Å²) >= 11 is 0. The summed E-state index contributed by atoms with van der Waals surface area (Å²) in [5.74, 6) is -0.0314. The Morgan fingerprint density at radius 1 is 1.18 bits per heavy atom. The van der Waals surface area contributed by atoms with E-state index in [0.29, 0.717) is 12.8 Å². The van der Waals surface area contributed by atoms with E-state index >= 15 is 0 Å². The van der Waals surface area contributed by atoms with Crippen LogP contribution in [0.3, 0.4) is 0 Å². The largest absolute Gasteiger partial charge is 0.354 e. The lowest BCUT2D eigenvalue weighted by Gasteiger charge is -2.31. The fraction of sp³-hybridized carbons (Fsp3) is 0.882. The minimum absolute atomic E-state index is 0.00843. The van der Waals surface area contributed by atoms with E-state index < -0.39 is 0 Å². The van der Waals surface area contributed by atoms with Gasteiger partial charge in [0.1, 0.15) is 6.04 Å². The molecule has 1 aliphatic carbocycles. The van der Waals surface area contributed by atoms with Crippen molar-refractivity contribution < 1.29 is 9.59 Å². The summed E-state index contributed by atoms with van der Waals surface area (Å²) in [6.07, 6.45) is 11.4. The minimum atomic E-state index is -0.301. The highest BCUT2D eigenvalue weighted by Crippen LogP contribution is 2.21. The van der Waals surface area contributed by atoms with Crippen LogP contribution in [0.5, 0.6) is 0 Å². The van der Waals surface area contributed by atoms with Crippen molar-refractivity contribution in [3.05, 3.63) is 0 Å². The second kappa shape index (κ2) is 9.13. The van der Waals surface area contributed by atoms with E-state index in [9.17, 15) is 9.59 Å². The number of unbranched alkanes of at least 4 members (excludes halogenated alkanes) is 2. The van der Waals surface area contributed by atoms with E-state index in [1.54, 1.807) is 0 Å². The van der Waals surface area contributed by atoms with Crippen LogP contribution < -0.4 is 10.6 Å². The molecule has 5 nitrogen and oxygen atoms in total. The summed E-state index contributed by atoms with van der Waals surface area (Å²) in [6, 6.07) is 0.490. The Kier molecular flexibility index (Phi) is 7.16. The first-order valence-corrected chi connectivity index (χ1v) is 8.94. The Morgan fingerprint density at radius 2 is 1.95 bits per heavy atom. The normalized spacial score (nSPS) is 22.8. The summed E-state index contributed by atoms with van der Waals surface area (Å²) in [5, 5.41) is 5.63. The number of carbonyl (C=O) groups excluding carboxylic acids is 2. The highest BCUT2D eigenvalue weighted by molar-refractivity contribution is 5.90. The molecule has 1 aliphatic heterocycles. The standard InChI is InChI=1S/C17H31N3O2/c1-20(14-8-4-2-5-9-14)13-7-3-6-12-18-17(22)15-10-11-16(21)19-15/h14-15H,2-13H2,1H3,(H,18,22)(H,19,21). The Bertz CT molecular complexity index is 367. The van der Waals surface area contributed by atoms with Crippen molar-refractivity contribution in [2.75, 3.05) is 20.1 Å². The van der Waals surface area contributed by atoms with Gasteiger partial charge in [-0.15, -0.1) is 0 Å². The Balaban J connectivity index is 1.47. The first kappa shape index (κ1) is 17.3. The van der Waals surface area contributed by atoms with Gasteiger partial charge in [-0.3, -0.25) is 9.59 Å². The van der Waals surface area contributed by atoms with Gasteiger partial charge in [0.25, 0.3) is 0 Å². The summed E-state index contributed by atoms with van der Waals surface area (Å²) in [6.45, 7) is 1.88. The fourth-order valence-corrected chi connectivity index (χ4v) is 3.51. The molecule has 0 radical (unpaired) electrons. The summed E-state index contributed by atoms with van der Waals surface area (Å²) in [7, 11) is 2.25. The molecule has 126 valence electrons. The van der Waals surface area contributed by atoms with E-state index in [2.05, 4.69) is 22.6 Å². The quantitative estimate of drug-likeness (QED) is 0.672. The molecule has 0 spiro atoms. The van der Waals surface area contributed by atoms with Crippen LogP contribution in [0.1, 0.15) is 64.2 Å². The van der Waals surface area contributed by atoms with E-state index in [4.69, 9.17) is 0 Å². The Hall–Kier alpha value is -1.10. The zero-order valence-corrected chi connectivity index (χ0v) is 13.9. The number of rotatable bonds is 8. The highest BCUT2D eigenvalue weighted by Gasteiger charge is 2.26. The van der Waals surface area contributed by atoms with Gasteiger partial charge in [0.15, 0.2) is 0 Å². The molecule has 0 aromatic heterocycles. The molecule has 0 bridgehead atoms. The maximum atomic E-state index is 11.8. The first-order valence-electron chi connectivity index (χ1n) is 8.94. The summed E-state index contributed by atoms with van der Waals surface area (Å²) < 4.78 is 0. The lowest BCUT2D eigenvalue weighted by molar-refractivity contribution is -0.125. The number of carbonyl (C=O) groups is 2. The van der Waals surface area contributed by atoms with Gasteiger partial charge in [-0.2, -0.15) is 0 Å². The number of nitrogens with zero attached hydrogens (tertiary/aromatic N) is 1. The van der Waals surface area contributed by atoms with Gasteiger partial charge in [0, 0.05) is 19.0 Å². The molecule has 1 unspecified atom stereocenters. The van der Waals surface area contributed by atoms with Gasteiger partial charge >= 0.3 is 0 Å². The molecule has 2 aliphatic rings. The first-order chi connectivity index (χ1) is 10.7. The monoisotopic (exact) mass is 309 g/mol. The zero-order valence-electron chi connectivity index (χ0n) is 13.9. The van der Waals surface area contributed by atoms with E-state index in [1.165, 1.54) is 38.5 Å². The Labute approximate surface area is 134 Å². The summed E-state index contributed by atoms with van der Waals surface area (Å²) in [5.41, 5.74) is 0. The van der Waals surface area contributed by atoms with E-state index in [-0.39, 0.29) is 17.9 Å². The van der Waals surface area contributed by atoms with Crippen LogP contribution in [-0.2, 0) is 9.59 Å². The summed E-state index contributed by atoms with van der Waals surface area (Å²) in [4.78, 5) is 25.4. The van der Waals surface area contributed by atoms with Crippen LogP contribution in [-0.4, -0.2) is 48.9 Å². The average Bonchev–Trinajstić information content (AvgIpc) is 2.97. The third-order valence-electron chi connectivity index (χ3n) is 5.00. The number of amides is 2. The van der Waals surface area contributed by atoms with Crippen LogP contribution in [0.4, 0.5) is 0 Å². The van der Waals surface area contributed by atoms with Crippen molar-refractivity contribution in [1.82, 2.24) is 15.5 Å². The molecule has 22 heavy (non-hydrogen) atoms. The van der Waals surface area contributed by atoms with E-state index in [1.807, 2.05) is 0 Å². The third-order valence-corrected chi connectivity index (χ3v) is 5.00. The van der Waals surface area contributed by atoms with Crippen LogP contribution >= 0.6 is 0 Å². The van der Waals surface area contributed by atoms with Crippen molar-refractivity contribution in [2.24, 2.45) is 0 Å². The second-order valence-corrected chi connectivity index (χ2v) is 6.78. The van der Waals surface area contributed by atoms with Crippen molar-refractivity contribution in [2.45, 2.75) is 76.3 Å². The average molecular weight is 309 g/mol. The van der Waals surface area contributed by atoms with Gasteiger partial charge < -0.3 is 15.5 Å². The predicted molar refractivity (Wildman–Crippen MR) is 87.5 cm³/mol. The predicted octanol–water partition coefficient (Wildman–Crippen LogP) is 1.82. The molecule has 2 amide bonds. The molecule has 2 rings (SSSR count). The van der Waals surface area contributed by atoms with Gasteiger partial charge in [-0.1, -0.05) is 25.7 Å². The lowest BCUT2D eigenvalue weighted by atomic mass is 9.94. The number of hydrogen-bond acceptors (Lipinski definition) is 3. The van der Waals surface area contributed by atoms with Gasteiger partial charge in [0.2, 0.25) is 11.8 Å². The molecular weight excluding hydrogens is 278 g/mol. The molecule has 2 fully saturated rings. The van der Waals surface area contributed by atoms with Gasteiger partial charge in [-0.25, -0.2) is 0 Å². The molecule has 1 heterocycles. The maximum Gasteiger partial charge on any atom is 0.242 e. The second-order valence-electron chi connectivity index (χ2n) is 6.78. The highest BCUT2D eigenvalue weighted by atomic mass is 16.2. The number of hydrogen-bond donors (Lipinski definition) is 2. The number of nitrogens with one attached hydrogen (secondary N) is 2. The molecular formula is C17H31N3O2. The molecule has 0 aromatic rings. The van der Waals surface area contributed by atoms with Crippen molar-refractivity contribution >= 4 is 11.8 Å². The van der Waals surface area contributed by atoms with Crippen LogP contribution in [0.2, 0.25) is 0 Å². The topological polar surface area (TPSA) is 61.4 Å². The molecule has 2 N–H and O–H groups in total. The van der Waals surface area contributed by atoms with Crippen molar-refractivity contribution in [3.8, 4) is 0 Å². The fourth-order valence-electron chi connectivity index (χ4n) is 3.51. The van der Waals surface area contributed by atoms with Crippen LogP contribution in [0.25, 0.3) is 0 Å². The zero-order chi connectivity index (χ0) is 15.8. The third kappa shape index (κ3) is 5.59. The SMILES string of the molecule is CN(CCCCCNC(=O)C1CCC(=O)N1)C1CCCCC1. The van der Waals surface area contributed by atoms with Crippen molar-refractivity contribution in [1.29, 1.82) is 0 Å². The minimum Gasteiger partial charge on any atom is -0.354 e. The van der Waals surface area contributed by atoms with Gasteiger partial charge in [0.05, 0.1) is 0 Å². The van der Waals surface area contributed by atoms with Crippen LogP contribution in [0, 0.1) is 0 Å². The molecule has 1 saturated heterocycles. The van der Waals surface area contributed by atoms with Crippen LogP contribution in [0.15, 0.2) is 0 Å². The van der Waals surface area contributed by atoms with E-state index in [0.717, 1.165) is 32.0 Å². The maximum absolute atomic E-state index is 11.8. The Morgan fingerprint density at radius 3 is 2.64 bits per heavy atom. The molecule has 1 saturated carbocycles. The molecule has 5 heteroatoms. The molecule has 0 aromatic carbocycles. The molecule has 1 atom stereocenters. The lowest BCUT2D eigenvalue weighted by Crippen LogP contribution is -2.41.